The molecule has 1 aromatic carbocycles. The fourth-order valence-electron chi connectivity index (χ4n) is 3.22. The van der Waals surface area contributed by atoms with E-state index in [1.54, 1.807) is 0 Å². The van der Waals surface area contributed by atoms with E-state index < -0.39 is 10.0 Å². The molecule has 0 bridgehead atoms. The van der Waals surface area contributed by atoms with Crippen molar-refractivity contribution in [3.05, 3.63) is 29.8 Å². The number of hydrogen-bond acceptors (Lipinski definition) is 3. The number of rotatable bonds is 7. The Bertz CT molecular complexity index is 692. The highest BCUT2D eigenvalue weighted by atomic mass is 127. The largest absolute Gasteiger partial charge is 0.370 e. The molecule has 3 unspecified atom stereocenters. The second-order valence-corrected chi connectivity index (χ2v) is 8.75. The summed E-state index contributed by atoms with van der Waals surface area (Å²) in [6.07, 6.45) is 5.15. The molecule has 1 aliphatic rings. The van der Waals surface area contributed by atoms with Crippen LogP contribution in [0.3, 0.4) is 0 Å². The molecule has 148 valence electrons. The van der Waals surface area contributed by atoms with E-state index in [4.69, 9.17) is 5.73 Å². The second-order valence-electron chi connectivity index (χ2n) is 6.97. The van der Waals surface area contributed by atoms with Crippen molar-refractivity contribution in [2.45, 2.75) is 51.5 Å². The highest BCUT2D eigenvalue weighted by molar-refractivity contribution is 14.0. The number of halogens is 1. The molecular formula is C18H31IN4O2S. The van der Waals surface area contributed by atoms with Gasteiger partial charge in [-0.1, -0.05) is 32.4 Å². The summed E-state index contributed by atoms with van der Waals surface area (Å²) in [7, 11) is -3.19. The summed E-state index contributed by atoms with van der Waals surface area (Å²) in [6, 6.07) is 8.18. The van der Waals surface area contributed by atoms with E-state index in [9.17, 15) is 8.42 Å². The van der Waals surface area contributed by atoms with Crippen LogP contribution in [0.5, 0.6) is 0 Å². The zero-order valence-corrected chi connectivity index (χ0v) is 18.9. The lowest BCUT2D eigenvalue weighted by Gasteiger charge is -2.18. The minimum atomic E-state index is -3.19. The molecule has 0 heterocycles. The molecule has 26 heavy (non-hydrogen) atoms. The normalized spacial score (nSPS) is 21.9. The standard InChI is InChI=1S/C18H30N4O2S.HI/c1-4-13(2)14-8-10-16(11-9-14)21-18(19)20-12-15-6-5-7-17(15)22-25(3,23)24;/h8-11,13,15,17,22H,4-7,12H2,1-3H3,(H3,19,20,21);1H. The number of guanidine groups is 1. The van der Waals surface area contributed by atoms with Crippen molar-refractivity contribution in [2.24, 2.45) is 16.6 Å². The predicted octanol–water partition coefficient (Wildman–Crippen LogP) is 3.26. The van der Waals surface area contributed by atoms with Gasteiger partial charge in [0.15, 0.2) is 5.96 Å². The summed E-state index contributed by atoms with van der Waals surface area (Å²) < 4.78 is 25.6. The van der Waals surface area contributed by atoms with Gasteiger partial charge in [0.05, 0.1) is 6.26 Å². The molecule has 4 N–H and O–H groups in total. The predicted molar refractivity (Wildman–Crippen MR) is 120 cm³/mol. The molecule has 0 aromatic heterocycles. The van der Waals surface area contributed by atoms with Gasteiger partial charge in [0.25, 0.3) is 0 Å². The first-order valence-corrected chi connectivity index (χ1v) is 10.8. The second kappa shape index (κ2) is 10.5. The zero-order valence-electron chi connectivity index (χ0n) is 15.7. The van der Waals surface area contributed by atoms with E-state index in [2.05, 4.69) is 41.0 Å². The van der Waals surface area contributed by atoms with Gasteiger partial charge in [-0.2, -0.15) is 0 Å². The first-order valence-electron chi connectivity index (χ1n) is 8.92. The van der Waals surface area contributed by atoms with E-state index in [0.29, 0.717) is 18.4 Å². The minimum Gasteiger partial charge on any atom is -0.370 e. The van der Waals surface area contributed by atoms with E-state index in [0.717, 1.165) is 31.4 Å². The highest BCUT2D eigenvalue weighted by Gasteiger charge is 2.29. The third kappa shape index (κ3) is 7.40. The molecule has 0 aliphatic heterocycles. The molecule has 0 amide bonds. The smallest absolute Gasteiger partial charge is 0.208 e. The SMILES string of the molecule is CCC(C)c1ccc(NC(N)=NCC2CCCC2NS(C)(=O)=O)cc1.I. The van der Waals surface area contributed by atoms with Gasteiger partial charge < -0.3 is 11.1 Å². The first kappa shape index (κ1) is 23.2. The Morgan fingerprint density at radius 3 is 2.54 bits per heavy atom. The lowest BCUT2D eigenvalue weighted by Crippen LogP contribution is -2.38. The molecular weight excluding hydrogens is 463 g/mol. The highest BCUT2D eigenvalue weighted by Crippen LogP contribution is 2.26. The van der Waals surface area contributed by atoms with Crippen LogP contribution in [0.25, 0.3) is 0 Å². The average molecular weight is 494 g/mol. The van der Waals surface area contributed by atoms with Crippen LogP contribution in [0.15, 0.2) is 29.3 Å². The first-order chi connectivity index (χ1) is 11.8. The van der Waals surface area contributed by atoms with Gasteiger partial charge in [-0.3, -0.25) is 4.99 Å². The van der Waals surface area contributed by atoms with Crippen LogP contribution in [0, 0.1) is 5.92 Å². The summed E-state index contributed by atoms with van der Waals surface area (Å²) >= 11 is 0. The number of anilines is 1. The van der Waals surface area contributed by atoms with Crippen LogP contribution in [0.1, 0.15) is 51.0 Å². The summed E-state index contributed by atoms with van der Waals surface area (Å²) in [5, 5.41) is 3.10. The molecule has 0 spiro atoms. The average Bonchev–Trinajstić information content (AvgIpc) is 2.98. The molecule has 0 saturated heterocycles. The summed E-state index contributed by atoms with van der Waals surface area (Å²) in [4.78, 5) is 4.40. The monoisotopic (exact) mass is 494 g/mol. The van der Waals surface area contributed by atoms with Crippen LogP contribution in [0.4, 0.5) is 5.69 Å². The molecule has 1 aliphatic carbocycles. The number of nitrogens with two attached hydrogens (primary N) is 1. The van der Waals surface area contributed by atoms with Gasteiger partial charge in [-0.05, 0) is 48.8 Å². The summed E-state index contributed by atoms with van der Waals surface area (Å²) in [5.41, 5.74) is 8.20. The van der Waals surface area contributed by atoms with Crippen molar-refractivity contribution >= 4 is 45.6 Å². The van der Waals surface area contributed by atoms with E-state index in [-0.39, 0.29) is 35.9 Å². The Balaban J connectivity index is 0.00000338. The van der Waals surface area contributed by atoms with Crippen LogP contribution < -0.4 is 15.8 Å². The topological polar surface area (TPSA) is 96.6 Å². The number of sulfonamides is 1. The summed E-state index contributed by atoms with van der Waals surface area (Å²) in [6.45, 7) is 4.91. The van der Waals surface area contributed by atoms with Crippen molar-refractivity contribution in [2.75, 3.05) is 18.1 Å². The maximum atomic E-state index is 11.4. The van der Waals surface area contributed by atoms with Gasteiger partial charge in [0, 0.05) is 18.3 Å². The number of benzene rings is 1. The van der Waals surface area contributed by atoms with E-state index >= 15 is 0 Å². The molecule has 2 rings (SSSR count). The molecule has 1 saturated carbocycles. The maximum Gasteiger partial charge on any atom is 0.208 e. The lowest BCUT2D eigenvalue weighted by molar-refractivity contribution is 0.455. The zero-order chi connectivity index (χ0) is 18.4. The maximum absolute atomic E-state index is 11.4. The van der Waals surface area contributed by atoms with Crippen molar-refractivity contribution in [1.29, 1.82) is 0 Å². The van der Waals surface area contributed by atoms with Crippen LogP contribution in [0.2, 0.25) is 0 Å². The Morgan fingerprint density at radius 1 is 1.31 bits per heavy atom. The van der Waals surface area contributed by atoms with Gasteiger partial charge in [0.1, 0.15) is 0 Å². The molecule has 3 atom stereocenters. The number of nitrogens with zero attached hydrogens (tertiary/aromatic N) is 1. The van der Waals surface area contributed by atoms with Gasteiger partial charge in [-0.25, -0.2) is 13.1 Å². The third-order valence-corrected chi connectivity index (χ3v) is 5.62. The van der Waals surface area contributed by atoms with E-state index in [1.165, 1.54) is 11.8 Å². The lowest BCUT2D eigenvalue weighted by atomic mass is 9.99. The quantitative estimate of drug-likeness (QED) is 0.308. The van der Waals surface area contributed by atoms with Crippen LogP contribution in [-0.4, -0.2) is 33.2 Å². The molecule has 0 radical (unpaired) electrons. The van der Waals surface area contributed by atoms with E-state index in [1.807, 2.05) is 12.1 Å². The Hall–Kier alpha value is -0.870. The van der Waals surface area contributed by atoms with Crippen LogP contribution in [-0.2, 0) is 10.0 Å². The number of nitrogens with one attached hydrogen (secondary N) is 2. The van der Waals surface area contributed by atoms with Crippen molar-refractivity contribution < 1.29 is 8.42 Å². The Morgan fingerprint density at radius 2 is 1.96 bits per heavy atom. The number of aliphatic imine (C=N–C) groups is 1. The van der Waals surface area contributed by atoms with Crippen molar-refractivity contribution in [1.82, 2.24) is 4.72 Å². The Kier molecular flexibility index (Phi) is 9.32. The fourth-order valence-corrected chi connectivity index (χ4v) is 4.08. The van der Waals surface area contributed by atoms with Gasteiger partial charge in [0.2, 0.25) is 10.0 Å². The van der Waals surface area contributed by atoms with Gasteiger partial charge >= 0.3 is 0 Å². The number of hydrogen-bond donors (Lipinski definition) is 3. The molecule has 1 fully saturated rings. The van der Waals surface area contributed by atoms with Gasteiger partial charge in [-0.15, -0.1) is 24.0 Å². The molecule has 6 nitrogen and oxygen atoms in total. The van der Waals surface area contributed by atoms with Crippen molar-refractivity contribution in [3.63, 3.8) is 0 Å². The third-order valence-electron chi connectivity index (χ3n) is 4.89. The minimum absolute atomic E-state index is 0. The fraction of sp³-hybridized carbons (Fsp3) is 0.611. The van der Waals surface area contributed by atoms with Crippen molar-refractivity contribution in [3.8, 4) is 0 Å². The molecule has 1 aromatic rings. The molecule has 8 heteroatoms. The van der Waals surface area contributed by atoms with Crippen LogP contribution >= 0.6 is 24.0 Å². The Labute approximate surface area is 174 Å². The summed E-state index contributed by atoms with van der Waals surface area (Å²) in [5.74, 6) is 1.10.